The zero-order valence-electron chi connectivity index (χ0n) is 10.5. The summed E-state index contributed by atoms with van der Waals surface area (Å²) in [5, 5.41) is 11.8. The minimum atomic E-state index is -0.593. The average Bonchev–Trinajstić information content (AvgIpc) is 2.29. The number of rotatable bonds is 4. The lowest BCUT2D eigenvalue weighted by Gasteiger charge is -2.22. The van der Waals surface area contributed by atoms with Crippen LogP contribution in [0.15, 0.2) is 36.4 Å². The van der Waals surface area contributed by atoms with Crippen molar-refractivity contribution in [2.75, 3.05) is 6.61 Å². The Morgan fingerprint density at radius 3 is 2.47 bits per heavy atom. The van der Waals surface area contributed by atoms with Gasteiger partial charge in [0, 0.05) is 6.08 Å². The van der Waals surface area contributed by atoms with Crippen molar-refractivity contribution in [1.29, 1.82) is 0 Å². The number of aliphatic hydroxyl groups is 1. The fourth-order valence-electron chi connectivity index (χ4n) is 1.39. The molecule has 0 aliphatic rings. The van der Waals surface area contributed by atoms with Crippen molar-refractivity contribution in [3.8, 4) is 0 Å². The molecule has 0 aromatic heterocycles. The van der Waals surface area contributed by atoms with E-state index in [2.05, 4.69) is 5.32 Å². The van der Waals surface area contributed by atoms with Crippen LogP contribution in [-0.4, -0.2) is 23.2 Å². The van der Waals surface area contributed by atoms with Crippen LogP contribution in [-0.2, 0) is 4.79 Å². The van der Waals surface area contributed by atoms with Crippen molar-refractivity contribution in [3.63, 3.8) is 0 Å². The van der Waals surface area contributed by atoms with E-state index < -0.39 is 5.54 Å². The summed E-state index contributed by atoms with van der Waals surface area (Å²) in [5.74, 6) is -0.189. The van der Waals surface area contributed by atoms with Crippen LogP contribution in [0.25, 0.3) is 5.57 Å². The molecule has 0 radical (unpaired) electrons. The van der Waals surface area contributed by atoms with Crippen molar-refractivity contribution in [3.05, 3.63) is 42.0 Å². The molecule has 0 aliphatic carbocycles. The normalized spacial score (nSPS) is 12.4. The molecule has 0 heterocycles. The monoisotopic (exact) mass is 233 g/mol. The van der Waals surface area contributed by atoms with E-state index in [1.54, 1.807) is 19.9 Å². The number of aliphatic hydroxyl groups excluding tert-OH is 1. The zero-order valence-corrected chi connectivity index (χ0v) is 10.5. The Balaban J connectivity index is 2.73. The second-order valence-corrected chi connectivity index (χ2v) is 4.72. The molecule has 0 aliphatic heterocycles. The summed E-state index contributed by atoms with van der Waals surface area (Å²) in [4.78, 5) is 11.7. The van der Waals surface area contributed by atoms with Crippen LogP contribution >= 0.6 is 0 Å². The Labute approximate surface area is 102 Å². The summed E-state index contributed by atoms with van der Waals surface area (Å²) in [7, 11) is 0. The van der Waals surface area contributed by atoms with Gasteiger partial charge in [0.15, 0.2) is 0 Å². The first-order valence-electron chi connectivity index (χ1n) is 5.61. The molecule has 1 rings (SSSR count). The third-order valence-electron chi connectivity index (χ3n) is 2.43. The van der Waals surface area contributed by atoms with Gasteiger partial charge in [0.05, 0.1) is 12.1 Å². The van der Waals surface area contributed by atoms with Gasteiger partial charge in [0.2, 0.25) is 5.91 Å². The highest BCUT2D eigenvalue weighted by molar-refractivity contribution is 5.95. The maximum absolute atomic E-state index is 11.7. The van der Waals surface area contributed by atoms with Gasteiger partial charge in [-0.25, -0.2) is 0 Å². The van der Waals surface area contributed by atoms with E-state index >= 15 is 0 Å². The summed E-state index contributed by atoms with van der Waals surface area (Å²) in [5.41, 5.74) is 1.33. The van der Waals surface area contributed by atoms with Gasteiger partial charge in [0.25, 0.3) is 0 Å². The average molecular weight is 233 g/mol. The number of nitrogens with one attached hydrogen (secondary N) is 1. The molecule has 17 heavy (non-hydrogen) atoms. The van der Waals surface area contributed by atoms with E-state index in [9.17, 15) is 4.79 Å². The van der Waals surface area contributed by atoms with Crippen LogP contribution in [0.5, 0.6) is 0 Å². The molecule has 3 nitrogen and oxygen atoms in total. The number of allylic oxidation sites excluding steroid dienone is 1. The second-order valence-electron chi connectivity index (χ2n) is 4.72. The first-order valence-corrected chi connectivity index (χ1v) is 5.61. The van der Waals surface area contributed by atoms with Gasteiger partial charge < -0.3 is 10.4 Å². The second kappa shape index (κ2) is 5.64. The fraction of sp³-hybridized carbons (Fsp3) is 0.357. The van der Waals surface area contributed by atoms with Crippen molar-refractivity contribution in [2.24, 2.45) is 0 Å². The van der Waals surface area contributed by atoms with Crippen LogP contribution in [0.4, 0.5) is 0 Å². The summed E-state index contributed by atoms with van der Waals surface area (Å²) >= 11 is 0. The lowest BCUT2D eigenvalue weighted by atomic mass is 10.1. The zero-order chi connectivity index (χ0) is 12.9. The molecule has 92 valence electrons. The van der Waals surface area contributed by atoms with Gasteiger partial charge in [-0.15, -0.1) is 0 Å². The lowest BCUT2D eigenvalue weighted by Crippen LogP contribution is -2.45. The summed E-state index contributed by atoms with van der Waals surface area (Å²) in [6.07, 6.45) is 1.55. The number of hydrogen-bond donors (Lipinski definition) is 2. The predicted molar refractivity (Wildman–Crippen MR) is 69.4 cm³/mol. The van der Waals surface area contributed by atoms with Crippen LogP contribution in [0, 0.1) is 0 Å². The Morgan fingerprint density at radius 1 is 1.35 bits per heavy atom. The Bertz CT molecular complexity index is 407. The van der Waals surface area contributed by atoms with Gasteiger partial charge in [-0.2, -0.15) is 0 Å². The van der Waals surface area contributed by atoms with Gasteiger partial charge in [-0.05, 0) is 31.9 Å². The van der Waals surface area contributed by atoms with E-state index in [0.717, 1.165) is 11.1 Å². The van der Waals surface area contributed by atoms with Crippen molar-refractivity contribution in [2.45, 2.75) is 26.3 Å². The Hall–Kier alpha value is -1.61. The topological polar surface area (TPSA) is 49.3 Å². The molecule has 0 saturated heterocycles. The third-order valence-corrected chi connectivity index (χ3v) is 2.43. The van der Waals surface area contributed by atoms with E-state index in [1.165, 1.54) is 0 Å². The minimum Gasteiger partial charge on any atom is -0.394 e. The number of amides is 1. The fourth-order valence-corrected chi connectivity index (χ4v) is 1.39. The van der Waals surface area contributed by atoms with Crippen LogP contribution in [0.3, 0.4) is 0 Å². The quantitative estimate of drug-likeness (QED) is 0.781. The summed E-state index contributed by atoms with van der Waals surface area (Å²) in [6, 6.07) is 9.71. The maximum atomic E-state index is 11.7. The molecule has 0 saturated carbocycles. The smallest absolute Gasteiger partial charge is 0.244 e. The van der Waals surface area contributed by atoms with Crippen molar-refractivity contribution < 1.29 is 9.90 Å². The number of hydrogen-bond acceptors (Lipinski definition) is 2. The molecule has 2 N–H and O–H groups in total. The SMILES string of the molecule is C/C(=C/C(=O)NC(C)(C)CO)c1ccccc1. The summed E-state index contributed by atoms with van der Waals surface area (Å²) < 4.78 is 0. The first-order chi connectivity index (χ1) is 7.94. The molecular weight excluding hydrogens is 214 g/mol. The maximum Gasteiger partial charge on any atom is 0.244 e. The van der Waals surface area contributed by atoms with Crippen LogP contribution in [0.1, 0.15) is 26.3 Å². The molecule has 3 heteroatoms. The molecule has 1 amide bonds. The van der Waals surface area contributed by atoms with Gasteiger partial charge >= 0.3 is 0 Å². The number of carbonyl (C=O) groups excluding carboxylic acids is 1. The molecule has 0 bridgehead atoms. The highest BCUT2D eigenvalue weighted by Crippen LogP contribution is 2.12. The minimum absolute atomic E-state index is 0.0863. The molecule has 0 spiro atoms. The molecule has 1 aromatic carbocycles. The molecular formula is C14H19NO2. The highest BCUT2D eigenvalue weighted by atomic mass is 16.3. The van der Waals surface area contributed by atoms with Gasteiger partial charge in [-0.1, -0.05) is 30.3 Å². The summed E-state index contributed by atoms with van der Waals surface area (Å²) in [6.45, 7) is 5.35. The van der Waals surface area contributed by atoms with Crippen molar-refractivity contribution in [1.82, 2.24) is 5.32 Å². The predicted octanol–water partition coefficient (Wildman–Crippen LogP) is 1.98. The Kier molecular flexibility index (Phi) is 4.46. The van der Waals surface area contributed by atoms with Crippen LogP contribution < -0.4 is 5.32 Å². The lowest BCUT2D eigenvalue weighted by molar-refractivity contribution is -0.118. The van der Waals surface area contributed by atoms with Crippen LogP contribution in [0.2, 0.25) is 0 Å². The first kappa shape index (κ1) is 13.5. The number of carbonyl (C=O) groups is 1. The Morgan fingerprint density at radius 2 is 1.94 bits per heavy atom. The van der Waals surface area contributed by atoms with Gasteiger partial charge in [0.1, 0.15) is 0 Å². The number of benzene rings is 1. The van der Waals surface area contributed by atoms with E-state index in [-0.39, 0.29) is 12.5 Å². The largest absolute Gasteiger partial charge is 0.394 e. The molecule has 0 fully saturated rings. The van der Waals surface area contributed by atoms with E-state index in [0.29, 0.717) is 0 Å². The van der Waals surface area contributed by atoms with E-state index in [4.69, 9.17) is 5.11 Å². The molecule has 0 atom stereocenters. The highest BCUT2D eigenvalue weighted by Gasteiger charge is 2.17. The molecule has 0 unspecified atom stereocenters. The van der Waals surface area contributed by atoms with E-state index in [1.807, 2.05) is 37.3 Å². The third kappa shape index (κ3) is 4.41. The van der Waals surface area contributed by atoms with Crippen molar-refractivity contribution >= 4 is 11.5 Å². The van der Waals surface area contributed by atoms with Gasteiger partial charge in [-0.3, -0.25) is 4.79 Å². The molecule has 1 aromatic rings. The standard InChI is InChI=1S/C14H19NO2/c1-11(12-7-5-4-6-8-12)9-13(17)15-14(2,3)10-16/h4-9,16H,10H2,1-3H3,(H,15,17)/b11-9-.